The second kappa shape index (κ2) is 9.59. The Morgan fingerprint density at radius 3 is 1.72 bits per heavy atom. The Hall–Kier alpha value is -2.82. The summed E-state index contributed by atoms with van der Waals surface area (Å²) in [7, 11) is 1.04. The van der Waals surface area contributed by atoms with Crippen molar-refractivity contribution in [2.45, 2.75) is 4.90 Å². The van der Waals surface area contributed by atoms with Crippen LogP contribution in [0.15, 0.2) is 53.4 Å². The van der Waals surface area contributed by atoms with Crippen LogP contribution in [0, 0.1) is 5.82 Å². The molecule has 3 N–H and O–H groups in total. The van der Waals surface area contributed by atoms with Crippen LogP contribution in [0.25, 0.3) is 0 Å². The van der Waals surface area contributed by atoms with Crippen molar-refractivity contribution in [3.63, 3.8) is 0 Å². The van der Waals surface area contributed by atoms with Gasteiger partial charge in [-0.05, 0) is 48.5 Å². The Bertz CT molecular complexity index is 961. The molecule has 2 amide bonds. The van der Waals surface area contributed by atoms with Gasteiger partial charge in [0.25, 0.3) is 11.8 Å². The van der Waals surface area contributed by atoms with Crippen molar-refractivity contribution in [3.05, 3.63) is 54.3 Å². The minimum Gasteiger partial charge on any atom is -0.322 e. The summed E-state index contributed by atoms with van der Waals surface area (Å²) < 4.78 is 38.1. The lowest BCUT2D eigenvalue weighted by Gasteiger charge is -2.14. The summed E-state index contributed by atoms with van der Waals surface area (Å²) in [5, 5.41) is 5.30. The third kappa shape index (κ3) is 6.63. The van der Waals surface area contributed by atoms with Crippen LogP contribution in [0.5, 0.6) is 0 Å². The fourth-order valence-corrected chi connectivity index (χ4v) is 3.38. The number of nitrogens with one attached hydrogen (secondary N) is 3. The second-order valence-electron chi connectivity index (χ2n) is 6.73. The van der Waals surface area contributed by atoms with E-state index in [9.17, 15) is 22.4 Å². The summed E-state index contributed by atoms with van der Waals surface area (Å²) in [5.41, 5.74) is 0.928. The van der Waals surface area contributed by atoms with Crippen molar-refractivity contribution in [1.29, 1.82) is 0 Å². The molecule has 0 spiro atoms. The number of carbonyl (C=O) groups excluding carboxylic acids is 2. The number of sulfonamides is 1. The molecule has 0 heterocycles. The van der Waals surface area contributed by atoms with Crippen molar-refractivity contribution in [2.75, 3.05) is 44.9 Å². The number of rotatable bonds is 8. The largest absolute Gasteiger partial charge is 0.322 e. The van der Waals surface area contributed by atoms with Gasteiger partial charge >= 0.3 is 0 Å². The third-order valence-corrected chi connectivity index (χ3v) is 5.80. The molecule has 156 valence electrons. The summed E-state index contributed by atoms with van der Waals surface area (Å²) >= 11 is 0. The van der Waals surface area contributed by atoms with Crippen LogP contribution in [-0.2, 0) is 19.6 Å². The van der Waals surface area contributed by atoms with Gasteiger partial charge < -0.3 is 15.5 Å². The zero-order valence-corrected chi connectivity index (χ0v) is 17.2. The first kappa shape index (κ1) is 22.5. The molecule has 0 saturated heterocycles. The molecule has 10 heteroatoms. The predicted octanol–water partition coefficient (Wildman–Crippen LogP) is 0.168. The fourth-order valence-electron chi connectivity index (χ4n) is 2.48. The van der Waals surface area contributed by atoms with Gasteiger partial charge in [-0.2, -0.15) is 0 Å². The van der Waals surface area contributed by atoms with E-state index in [2.05, 4.69) is 10.6 Å². The topological polar surface area (TPSA) is 100 Å². The van der Waals surface area contributed by atoms with Crippen LogP contribution >= 0.6 is 0 Å². The highest BCUT2D eigenvalue weighted by molar-refractivity contribution is 7.89. The van der Waals surface area contributed by atoms with E-state index < -0.39 is 15.8 Å². The average molecular weight is 423 g/mol. The molecule has 2 rings (SSSR count). The molecule has 0 aliphatic carbocycles. The molecule has 1 unspecified atom stereocenters. The number of benzene rings is 2. The molecular formula is C19H24FN4O4S+. The first-order valence-electron chi connectivity index (χ1n) is 8.77. The summed E-state index contributed by atoms with van der Waals surface area (Å²) in [6.07, 6.45) is 0. The Labute approximate surface area is 169 Å². The summed E-state index contributed by atoms with van der Waals surface area (Å²) in [6, 6.07) is 11.2. The van der Waals surface area contributed by atoms with Gasteiger partial charge in [-0.1, -0.05) is 0 Å². The van der Waals surface area contributed by atoms with E-state index in [1.54, 1.807) is 7.05 Å². The monoisotopic (exact) mass is 423 g/mol. The molecule has 0 aliphatic heterocycles. The van der Waals surface area contributed by atoms with Crippen LogP contribution < -0.4 is 15.5 Å². The quantitative estimate of drug-likeness (QED) is 0.564. The maximum atomic E-state index is 12.9. The van der Waals surface area contributed by atoms with Gasteiger partial charge in [0.05, 0.1) is 11.9 Å². The van der Waals surface area contributed by atoms with Crippen LogP contribution in [0.4, 0.5) is 15.8 Å². The molecule has 0 bridgehead atoms. The maximum Gasteiger partial charge on any atom is 0.279 e. The minimum atomic E-state index is -3.53. The van der Waals surface area contributed by atoms with Crippen molar-refractivity contribution in [1.82, 2.24) is 4.31 Å². The van der Waals surface area contributed by atoms with Gasteiger partial charge in [0.15, 0.2) is 13.1 Å². The molecule has 0 saturated carbocycles. The first-order valence-corrected chi connectivity index (χ1v) is 10.2. The van der Waals surface area contributed by atoms with Gasteiger partial charge in [0, 0.05) is 25.5 Å². The van der Waals surface area contributed by atoms with Gasteiger partial charge in [-0.3, -0.25) is 9.59 Å². The Balaban J connectivity index is 1.85. The SMILES string of the molecule is CN(C)S(=O)(=O)c1ccc(NC(=O)C[NH+](C)CC(=O)Nc2ccc(F)cc2)cc1. The maximum absolute atomic E-state index is 12.9. The molecular weight excluding hydrogens is 399 g/mol. The number of carbonyl (C=O) groups is 2. The van der Waals surface area contributed by atoms with E-state index in [-0.39, 0.29) is 29.8 Å². The number of amides is 2. The number of hydrogen-bond acceptors (Lipinski definition) is 4. The number of hydrogen-bond donors (Lipinski definition) is 3. The first-order chi connectivity index (χ1) is 13.6. The van der Waals surface area contributed by atoms with E-state index in [1.807, 2.05) is 0 Å². The van der Waals surface area contributed by atoms with Gasteiger partial charge in [0.1, 0.15) is 5.82 Å². The zero-order valence-electron chi connectivity index (χ0n) is 16.4. The summed E-state index contributed by atoms with van der Waals surface area (Å²) in [4.78, 5) is 24.9. The van der Waals surface area contributed by atoms with E-state index >= 15 is 0 Å². The van der Waals surface area contributed by atoms with Crippen LogP contribution in [0.3, 0.4) is 0 Å². The average Bonchev–Trinajstić information content (AvgIpc) is 2.63. The number of halogens is 1. The van der Waals surface area contributed by atoms with E-state index in [1.165, 1.54) is 62.6 Å². The van der Waals surface area contributed by atoms with Crippen molar-refractivity contribution in [2.24, 2.45) is 0 Å². The van der Waals surface area contributed by atoms with Gasteiger partial charge in [-0.25, -0.2) is 17.1 Å². The highest BCUT2D eigenvalue weighted by Crippen LogP contribution is 2.16. The zero-order chi connectivity index (χ0) is 21.6. The Morgan fingerprint density at radius 2 is 1.31 bits per heavy atom. The highest BCUT2D eigenvalue weighted by Gasteiger charge is 2.18. The molecule has 8 nitrogen and oxygen atoms in total. The predicted molar refractivity (Wildman–Crippen MR) is 108 cm³/mol. The lowest BCUT2D eigenvalue weighted by Crippen LogP contribution is -3.11. The molecule has 0 aromatic heterocycles. The lowest BCUT2D eigenvalue weighted by atomic mass is 10.3. The van der Waals surface area contributed by atoms with E-state index in [4.69, 9.17) is 0 Å². The van der Waals surface area contributed by atoms with Crippen molar-refractivity contribution < 1.29 is 27.3 Å². The number of quaternary nitrogens is 1. The molecule has 1 atom stereocenters. The Kier molecular flexibility index (Phi) is 7.43. The van der Waals surface area contributed by atoms with Crippen molar-refractivity contribution in [3.8, 4) is 0 Å². The smallest absolute Gasteiger partial charge is 0.279 e. The Morgan fingerprint density at radius 1 is 0.897 bits per heavy atom. The number of nitrogens with zero attached hydrogens (tertiary/aromatic N) is 1. The van der Waals surface area contributed by atoms with E-state index in [0.29, 0.717) is 16.3 Å². The lowest BCUT2D eigenvalue weighted by molar-refractivity contribution is -0.862. The second-order valence-corrected chi connectivity index (χ2v) is 8.88. The van der Waals surface area contributed by atoms with Gasteiger partial charge in [0.2, 0.25) is 10.0 Å². The molecule has 29 heavy (non-hydrogen) atoms. The van der Waals surface area contributed by atoms with Crippen molar-refractivity contribution >= 4 is 33.2 Å². The highest BCUT2D eigenvalue weighted by atomic mass is 32.2. The summed E-state index contributed by atoms with van der Waals surface area (Å²) in [6.45, 7) is 0.0827. The molecule has 0 radical (unpaired) electrons. The third-order valence-electron chi connectivity index (χ3n) is 3.97. The normalized spacial score (nSPS) is 12.4. The standard InChI is InChI=1S/C19H23FN4O4S/c1-23(2)29(27,28)17-10-8-16(9-11-17)22-19(26)13-24(3)12-18(25)21-15-6-4-14(20)5-7-15/h4-11H,12-13H2,1-3H3,(H,21,25)(H,22,26)/p+1. The molecule has 0 fully saturated rings. The number of likely N-dealkylation sites (N-methyl/N-ethyl adjacent to an activating group) is 1. The molecule has 0 aliphatic rings. The van der Waals surface area contributed by atoms with Crippen LogP contribution in [-0.4, -0.2) is 58.8 Å². The molecule has 2 aromatic rings. The molecule has 2 aromatic carbocycles. The van der Waals surface area contributed by atoms with Gasteiger partial charge in [-0.15, -0.1) is 0 Å². The fraction of sp³-hybridized carbons (Fsp3) is 0.263. The van der Waals surface area contributed by atoms with E-state index in [0.717, 1.165) is 4.31 Å². The minimum absolute atomic E-state index is 0.0363. The van der Waals surface area contributed by atoms with Crippen LogP contribution in [0.2, 0.25) is 0 Å². The number of anilines is 2. The van der Waals surface area contributed by atoms with Crippen LogP contribution in [0.1, 0.15) is 0 Å². The summed E-state index contributed by atoms with van der Waals surface area (Å²) in [5.74, 6) is -1.02.